The number of nitrogens with zero attached hydrogens (tertiary/aromatic N) is 4. The van der Waals surface area contributed by atoms with E-state index in [4.69, 9.17) is 4.74 Å². The second-order valence-corrected chi connectivity index (χ2v) is 8.16. The molecular formula is C22H22F4N4O2S. The number of thioether (sulfide) groups is 1. The van der Waals surface area contributed by atoms with E-state index in [9.17, 15) is 22.4 Å². The van der Waals surface area contributed by atoms with E-state index in [1.165, 1.54) is 32.0 Å². The number of allylic oxidation sites excluding steroid dienone is 1. The van der Waals surface area contributed by atoms with Crippen LogP contribution in [0.2, 0.25) is 0 Å². The lowest BCUT2D eigenvalue weighted by Crippen LogP contribution is -2.19. The van der Waals surface area contributed by atoms with Crippen molar-refractivity contribution in [2.45, 2.75) is 44.9 Å². The van der Waals surface area contributed by atoms with E-state index in [0.29, 0.717) is 23.2 Å². The fourth-order valence-electron chi connectivity index (χ4n) is 3.26. The van der Waals surface area contributed by atoms with E-state index >= 15 is 0 Å². The van der Waals surface area contributed by atoms with Crippen LogP contribution >= 0.6 is 11.8 Å². The Bertz CT molecular complexity index is 1150. The summed E-state index contributed by atoms with van der Waals surface area (Å²) in [6.45, 7) is 5.86. The zero-order valence-corrected chi connectivity index (χ0v) is 18.8. The molecule has 2 aromatic heterocycles. The smallest absolute Gasteiger partial charge is 0.406 e. The molecule has 176 valence electrons. The molecule has 0 saturated carbocycles. The quantitative estimate of drug-likeness (QED) is 0.173. The molecule has 0 aliphatic rings. The summed E-state index contributed by atoms with van der Waals surface area (Å²) in [6, 6.07) is 7.43. The Hall–Kier alpha value is -3.08. The van der Waals surface area contributed by atoms with Gasteiger partial charge in [0.05, 0.1) is 5.75 Å². The molecule has 6 nitrogen and oxygen atoms in total. The molecule has 0 amide bonds. The number of hydrogen-bond acceptors (Lipinski definition) is 5. The predicted octanol–water partition coefficient (Wildman–Crippen LogP) is 5.14. The van der Waals surface area contributed by atoms with Gasteiger partial charge in [-0.1, -0.05) is 30.0 Å². The van der Waals surface area contributed by atoms with Crippen LogP contribution in [0.15, 0.2) is 48.1 Å². The molecule has 1 aromatic carbocycles. The van der Waals surface area contributed by atoms with Crippen LogP contribution in [0.3, 0.4) is 0 Å². The molecule has 0 radical (unpaired) electrons. The Kier molecular flexibility index (Phi) is 7.62. The molecule has 0 atom stereocenters. The van der Waals surface area contributed by atoms with Crippen LogP contribution in [0.1, 0.15) is 27.6 Å². The van der Waals surface area contributed by atoms with E-state index in [2.05, 4.69) is 16.8 Å². The summed E-state index contributed by atoms with van der Waals surface area (Å²) in [4.78, 5) is 12.7. The highest BCUT2D eigenvalue weighted by Gasteiger charge is 2.30. The van der Waals surface area contributed by atoms with Crippen LogP contribution in [-0.4, -0.2) is 37.0 Å². The third-order valence-electron chi connectivity index (χ3n) is 4.84. The average molecular weight is 483 g/mol. The molecular weight excluding hydrogens is 460 g/mol. The highest BCUT2D eigenvalue weighted by Crippen LogP contribution is 2.26. The number of carbonyl (C=O) groups is 1. The highest BCUT2D eigenvalue weighted by molar-refractivity contribution is 7.99. The summed E-state index contributed by atoms with van der Waals surface area (Å²) < 4.78 is 60.5. The van der Waals surface area contributed by atoms with Crippen LogP contribution < -0.4 is 4.74 Å². The van der Waals surface area contributed by atoms with Crippen LogP contribution in [0.4, 0.5) is 17.6 Å². The van der Waals surface area contributed by atoms with Crippen LogP contribution in [-0.2, 0) is 19.7 Å². The molecule has 3 aromatic rings. The van der Waals surface area contributed by atoms with Crippen LogP contribution in [0.25, 0.3) is 0 Å². The second kappa shape index (κ2) is 10.2. The minimum Gasteiger partial charge on any atom is -0.483 e. The maximum absolute atomic E-state index is 13.8. The Morgan fingerprint density at radius 1 is 1.21 bits per heavy atom. The van der Waals surface area contributed by atoms with Crippen molar-refractivity contribution in [3.63, 3.8) is 0 Å². The van der Waals surface area contributed by atoms with Gasteiger partial charge in [-0.15, -0.1) is 16.8 Å². The summed E-state index contributed by atoms with van der Waals surface area (Å²) >= 11 is 1.10. The Labute approximate surface area is 192 Å². The fourth-order valence-corrected chi connectivity index (χ4v) is 4.11. The lowest BCUT2D eigenvalue weighted by molar-refractivity contribution is -0.141. The first-order valence-corrected chi connectivity index (χ1v) is 10.9. The summed E-state index contributed by atoms with van der Waals surface area (Å²) in [7, 11) is 0. The number of ether oxygens (including phenoxy) is 1. The lowest BCUT2D eigenvalue weighted by atomic mass is 10.2. The molecule has 0 bridgehead atoms. The maximum Gasteiger partial charge on any atom is 0.406 e. The minimum atomic E-state index is -4.38. The van der Waals surface area contributed by atoms with Gasteiger partial charge in [0.15, 0.2) is 28.3 Å². The second-order valence-electron chi connectivity index (χ2n) is 7.22. The molecule has 11 heteroatoms. The number of hydrogen-bond donors (Lipinski definition) is 0. The molecule has 0 unspecified atom stereocenters. The van der Waals surface area contributed by atoms with Gasteiger partial charge in [0.2, 0.25) is 0 Å². The molecule has 3 rings (SSSR count). The number of halogens is 4. The molecule has 0 fully saturated rings. The summed E-state index contributed by atoms with van der Waals surface area (Å²) in [6.07, 6.45) is -2.77. The summed E-state index contributed by atoms with van der Waals surface area (Å²) in [5.74, 6) is -0.380. The molecule has 0 aliphatic heterocycles. The zero-order chi connectivity index (χ0) is 24.2. The van der Waals surface area contributed by atoms with Crippen molar-refractivity contribution < 1.29 is 27.1 Å². The van der Waals surface area contributed by atoms with E-state index in [0.717, 1.165) is 16.3 Å². The zero-order valence-electron chi connectivity index (χ0n) is 18.0. The molecule has 33 heavy (non-hydrogen) atoms. The van der Waals surface area contributed by atoms with Crippen molar-refractivity contribution in [1.29, 1.82) is 0 Å². The van der Waals surface area contributed by atoms with Crippen molar-refractivity contribution >= 4 is 17.5 Å². The van der Waals surface area contributed by atoms with Gasteiger partial charge in [-0.25, -0.2) is 4.39 Å². The first kappa shape index (κ1) is 24.6. The van der Waals surface area contributed by atoms with Gasteiger partial charge in [0.1, 0.15) is 13.2 Å². The number of aryl methyl sites for hydroxylation is 1. The molecule has 0 N–H and O–H groups in total. The third-order valence-corrected chi connectivity index (χ3v) is 5.81. The molecule has 0 spiro atoms. The van der Waals surface area contributed by atoms with Crippen LogP contribution in [0, 0.1) is 19.7 Å². The highest BCUT2D eigenvalue weighted by atomic mass is 32.2. The van der Waals surface area contributed by atoms with Gasteiger partial charge in [0, 0.05) is 23.5 Å². The Morgan fingerprint density at radius 2 is 1.94 bits per heavy atom. The van der Waals surface area contributed by atoms with Gasteiger partial charge in [0.25, 0.3) is 0 Å². The van der Waals surface area contributed by atoms with E-state index in [-0.39, 0.29) is 35.1 Å². The van der Waals surface area contributed by atoms with E-state index < -0.39 is 18.5 Å². The molecule has 0 saturated heterocycles. The number of ketones is 1. The SMILES string of the molecule is C=CCn1c(COc2ccccc2F)nnc1SCC(=O)c1cc(C)n(CC(F)(F)F)c1C. The Balaban J connectivity index is 1.71. The standard InChI is InChI=1S/C22H22F4N4O2S/c1-4-9-29-20(11-32-19-8-6-5-7-17(19)23)27-28-21(29)33-12-18(31)16-10-14(2)30(15(16)3)13-22(24,25)26/h4-8,10H,1,9,11-13H2,2-3H3. The van der Waals surface area contributed by atoms with Crippen molar-refractivity contribution in [3.05, 3.63) is 71.6 Å². The number of benzene rings is 1. The number of carbonyl (C=O) groups excluding carboxylic acids is 1. The van der Waals surface area contributed by atoms with Gasteiger partial charge in [-0.2, -0.15) is 13.2 Å². The number of aromatic nitrogens is 4. The summed E-state index contributed by atoms with van der Waals surface area (Å²) in [5.41, 5.74) is 0.865. The maximum atomic E-state index is 13.8. The van der Waals surface area contributed by atoms with E-state index in [1.54, 1.807) is 22.8 Å². The monoisotopic (exact) mass is 482 g/mol. The number of para-hydroxylation sites is 1. The lowest BCUT2D eigenvalue weighted by Gasteiger charge is -2.12. The number of Topliss-reactive ketones (excluding diaryl/α,β-unsaturated/α-hetero) is 1. The van der Waals surface area contributed by atoms with Gasteiger partial charge in [-0.05, 0) is 32.0 Å². The van der Waals surface area contributed by atoms with Crippen molar-refractivity contribution in [2.75, 3.05) is 5.75 Å². The van der Waals surface area contributed by atoms with Crippen LogP contribution in [0.5, 0.6) is 5.75 Å². The molecule has 0 aliphatic carbocycles. The topological polar surface area (TPSA) is 61.9 Å². The largest absolute Gasteiger partial charge is 0.483 e. The fraction of sp³-hybridized carbons (Fsp3) is 0.318. The van der Waals surface area contributed by atoms with Gasteiger partial charge >= 0.3 is 6.18 Å². The average Bonchev–Trinajstić information content (AvgIpc) is 3.26. The van der Waals surface area contributed by atoms with E-state index in [1.807, 2.05) is 0 Å². The first-order chi connectivity index (χ1) is 15.6. The minimum absolute atomic E-state index is 0.0419. The van der Waals surface area contributed by atoms with Crippen molar-refractivity contribution in [2.24, 2.45) is 0 Å². The van der Waals surface area contributed by atoms with Gasteiger partial charge in [-0.3, -0.25) is 9.36 Å². The summed E-state index contributed by atoms with van der Waals surface area (Å²) in [5, 5.41) is 8.56. The third kappa shape index (κ3) is 6.04. The number of rotatable bonds is 10. The predicted molar refractivity (Wildman–Crippen MR) is 116 cm³/mol. The molecule has 2 heterocycles. The van der Waals surface area contributed by atoms with Crippen molar-refractivity contribution in [1.82, 2.24) is 19.3 Å². The number of alkyl halides is 3. The Morgan fingerprint density at radius 3 is 2.61 bits per heavy atom. The van der Waals surface area contributed by atoms with Crippen molar-refractivity contribution in [3.8, 4) is 5.75 Å². The first-order valence-electron chi connectivity index (χ1n) is 9.90. The normalized spacial score (nSPS) is 11.6. The van der Waals surface area contributed by atoms with Gasteiger partial charge < -0.3 is 9.30 Å².